The Morgan fingerprint density at radius 3 is 2.65 bits per heavy atom. The van der Waals surface area contributed by atoms with Crippen LogP contribution in [0.2, 0.25) is 5.02 Å². The van der Waals surface area contributed by atoms with Crippen molar-refractivity contribution in [1.29, 1.82) is 0 Å². The van der Waals surface area contributed by atoms with Gasteiger partial charge >= 0.3 is 0 Å². The van der Waals surface area contributed by atoms with E-state index in [1.54, 1.807) is 31.2 Å². The number of allylic oxidation sites excluding steroid dienone is 1. The molecule has 2 aliphatic carbocycles. The van der Waals surface area contributed by atoms with Gasteiger partial charge in [-0.3, -0.25) is 9.59 Å². The number of nitrogens with one attached hydrogen (secondary N) is 1. The van der Waals surface area contributed by atoms with Gasteiger partial charge < -0.3 is 24.7 Å². The van der Waals surface area contributed by atoms with E-state index in [1.165, 1.54) is 43.1 Å². The van der Waals surface area contributed by atoms with Gasteiger partial charge in [0.2, 0.25) is 10.0 Å². The number of hydrogen-bond donors (Lipinski definition) is 3. The molecule has 1 saturated carbocycles. The lowest BCUT2D eigenvalue weighted by Gasteiger charge is -2.50. The van der Waals surface area contributed by atoms with Gasteiger partial charge in [0.15, 0.2) is 6.10 Å². The molecule has 0 radical (unpaired) electrons. The number of nitrogens with zero attached hydrogens (tertiary/aromatic N) is 2. The van der Waals surface area contributed by atoms with E-state index in [4.69, 9.17) is 16.3 Å². The summed E-state index contributed by atoms with van der Waals surface area (Å²) >= 11 is 6.41. The van der Waals surface area contributed by atoms with E-state index in [2.05, 4.69) is 15.7 Å². The van der Waals surface area contributed by atoms with Gasteiger partial charge in [-0.05, 0) is 105 Å². The SMILES string of the molecule is C[C@@H]1[C@@H](C)C/C=C/[C@](O)([C@@H](O)C(=O)N(C)C)[C@@H]2CC[C@H]2CN2C[C@@]3(CCCc4cc(Cl)ccc43)COc3ccc(cc32)C(=O)NS1(=O)=O. The van der Waals surface area contributed by atoms with Crippen LogP contribution >= 0.6 is 11.6 Å². The zero-order chi connectivity index (χ0) is 34.6. The van der Waals surface area contributed by atoms with Crippen LogP contribution in [0.25, 0.3) is 0 Å². The Balaban J connectivity index is 1.47. The van der Waals surface area contributed by atoms with Gasteiger partial charge in [0.25, 0.3) is 11.8 Å². The van der Waals surface area contributed by atoms with Gasteiger partial charge in [0.1, 0.15) is 11.4 Å². The van der Waals surface area contributed by atoms with Crippen LogP contribution in [0.4, 0.5) is 5.69 Å². The summed E-state index contributed by atoms with van der Waals surface area (Å²) in [6, 6.07) is 11.0. The predicted molar refractivity (Wildman–Crippen MR) is 185 cm³/mol. The first-order valence-electron chi connectivity index (χ1n) is 16.8. The molecule has 260 valence electrons. The van der Waals surface area contributed by atoms with Crippen molar-refractivity contribution in [3.05, 3.63) is 70.3 Å². The Bertz CT molecular complexity index is 1730. The predicted octanol–water partition coefficient (Wildman–Crippen LogP) is 4.06. The normalized spacial score (nSPS) is 32.7. The number of fused-ring (bicyclic) bond motifs is 4. The molecule has 3 N–H and O–H groups in total. The van der Waals surface area contributed by atoms with E-state index in [0.717, 1.165) is 25.7 Å². The van der Waals surface area contributed by atoms with Crippen LogP contribution in [-0.4, -0.2) is 86.1 Å². The van der Waals surface area contributed by atoms with Crippen LogP contribution in [0.3, 0.4) is 0 Å². The summed E-state index contributed by atoms with van der Waals surface area (Å²) in [7, 11) is -1.00. The molecule has 2 aromatic carbocycles. The van der Waals surface area contributed by atoms with E-state index in [1.807, 2.05) is 12.1 Å². The third-order valence-corrected chi connectivity index (χ3v) is 13.4. The molecule has 48 heavy (non-hydrogen) atoms. The summed E-state index contributed by atoms with van der Waals surface area (Å²) in [5.41, 5.74) is 0.917. The Kier molecular flexibility index (Phi) is 9.38. The lowest BCUT2D eigenvalue weighted by Crippen LogP contribution is -2.60. The molecule has 2 heterocycles. The average Bonchev–Trinajstić information content (AvgIpc) is 3.17. The van der Waals surface area contributed by atoms with Crippen LogP contribution < -0.4 is 14.4 Å². The van der Waals surface area contributed by atoms with Crippen molar-refractivity contribution in [3.63, 3.8) is 0 Å². The van der Waals surface area contributed by atoms with Crippen molar-refractivity contribution in [2.24, 2.45) is 17.8 Å². The summed E-state index contributed by atoms with van der Waals surface area (Å²) in [6.07, 6.45) is 5.76. The molecule has 1 spiro atoms. The number of anilines is 1. The number of carbonyl (C=O) groups excluding carboxylic acids is 2. The molecule has 2 amide bonds. The molecule has 7 atom stereocenters. The van der Waals surface area contributed by atoms with Gasteiger partial charge in [-0.2, -0.15) is 0 Å². The van der Waals surface area contributed by atoms with E-state index < -0.39 is 56.0 Å². The number of sulfonamides is 1. The van der Waals surface area contributed by atoms with Gasteiger partial charge in [0.05, 0.1) is 17.5 Å². The number of benzene rings is 2. The highest BCUT2D eigenvalue weighted by molar-refractivity contribution is 7.90. The number of aryl methyl sites for hydroxylation is 1. The first-order valence-corrected chi connectivity index (χ1v) is 18.7. The molecule has 6 rings (SSSR count). The second-order valence-electron chi connectivity index (χ2n) is 14.6. The Morgan fingerprint density at radius 2 is 1.94 bits per heavy atom. The number of likely N-dealkylation sites (N-methyl/N-ethyl adjacent to an activating group) is 1. The maximum Gasteiger partial charge on any atom is 0.264 e. The lowest BCUT2D eigenvalue weighted by atomic mass is 9.62. The number of hydrogen-bond acceptors (Lipinski definition) is 8. The van der Waals surface area contributed by atoms with Crippen molar-refractivity contribution in [2.45, 2.75) is 74.7 Å². The summed E-state index contributed by atoms with van der Waals surface area (Å²) < 4.78 is 35.6. The molecule has 4 aliphatic rings. The fraction of sp³-hybridized carbons (Fsp3) is 0.556. The minimum atomic E-state index is -4.08. The fourth-order valence-electron chi connectivity index (χ4n) is 8.04. The van der Waals surface area contributed by atoms with Crippen LogP contribution in [-0.2, 0) is 26.7 Å². The summed E-state index contributed by atoms with van der Waals surface area (Å²) in [5, 5.41) is 23.4. The van der Waals surface area contributed by atoms with Crippen molar-refractivity contribution in [3.8, 4) is 5.75 Å². The molecular formula is C36H46ClN3O7S. The summed E-state index contributed by atoms with van der Waals surface area (Å²) in [4.78, 5) is 30.1. The zero-order valence-corrected chi connectivity index (χ0v) is 29.6. The molecule has 10 nitrogen and oxygen atoms in total. The molecule has 2 aliphatic heterocycles. The lowest BCUT2D eigenvalue weighted by molar-refractivity contribution is -0.163. The van der Waals surface area contributed by atoms with Gasteiger partial charge in [-0.25, -0.2) is 13.1 Å². The number of rotatable bonds is 2. The van der Waals surface area contributed by atoms with Crippen LogP contribution in [0.5, 0.6) is 5.75 Å². The van der Waals surface area contributed by atoms with Crippen molar-refractivity contribution >= 4 is 39.1 Å². The van der Waals surface area contributed by atoms with Crippen molar-refractivity contribution in [2.75, 3.05) is 38.7 Å². The minimum absolute atomic E-state index is 0.109. The van der Waals surface area contributed by atoms with Crippen LogP contribution in [0.15, 0.2) is 48.6 Å². The van der Waals surface area contributed by atoms with Crippen LogP contribution in [0, 0.1) is 17.8 Å². The topological polar surface area (TPSA) is 136 Å². The average molecular weight is 700 g/mol. The molecule has 12 heteroatoms. The Labute approximate surface area is 288 Å². The Hall–Kier alpha value is -3.12. The monoisotopic (exact) mass is 699 g/mol. The number of ether oxygens (including phenoxy) is 1. The molecule has 0 unspecified atom stereocenters. The molecule has 1 fully saturated rings. The number of aliphatic hydroxyl groups is 2. The van der Waals surface area contributed by atoms with Crippen LogP contribution in [0.1, 0.15) is 67.4 Å². The first-order chi connectivity index (χ1) is 22.6. The van der Waals surface area contributed by atoms with E-state index >= 15 is 0 Å². The largest absolute Gasteiger partial charge is 0.490 e. The summed E-state index contributed by atoms with van der Waals surface area (Å²) in [5.74, 6) is -1.75. The first kappa shape index (κ1) is 34.7. The molecule has 2 bridgehead atoms. The quantitative estimate of drug-likeness (QED) is 0.400. The summed E-state index contributed by atoms with van der Waals surface area (Å²) in [6.45, 7) is 4.69. The van der Waals surface area contributed by atoms with Crippen molar-refractivity contribution in [1.82, 2.24) is 9.62 Å². The third-order valence-electron chi connectivity index (χ3n) is 11.3. The molecular weight excluding hydrogens is 654 g/mol. The fourth-order valence-corrected chi connectivity index (χ4v) is 9.52. The molecule has 2 aromatic rings. The highest BCUT2D eigenvalue weighted by atomic mass is 35.5. The number of carbonyl (C=O) groups is 2. The Morgan fingerprint density at radius 1 is 1.17 bits per heavy atom. The third kappa shape index (κ3) is 6.23. The maximum absolute atomic E-state index is 13.5. The van der Waals surface area contributed by atoms with Gasteiger partial charge in [-0.15, -0.1) is 0 Å². The van der Waals surface area contributed by atoms with E-state index in [0.29, 0.717) is 42.6 Å². The standard InChI is InChI=1S/C36H46ClN3O7S/c1-22-7-5-16-36(44,32(41)34(43)39(3)4)29-12-9-26(29)19-40-20-35(15-6-8-24-17-27(37)11-13-28(24)35)21-47-31-14-10-25(18-30(31)40)33(42)38-48(45,46)23(22)2/h5,10-11,13-14,16-18,22-23,26,29,32,41,44H,6-9,12,15,19-21H2,1-4H3,(H,38,42)/b16-5+/t22-,23+,26-,29+,32-,35-,36+/m0/s1. The molecule has 0 aromatic heterocycles. The smallest absolute Gasteiger partial charge is 0.264 e. The maximum atomic E-state index is 13.5. The second-order valence-corrected chi connectivity index (χ2v) is 17.0. The number of halogens is 1. The van der Waals surface area contributed by atoms with E-state index in [9.17, 15) is 28.2 Å². The molecule has 0 saturated heterocycles. The van der Waals surface area contributed by atoms with E-state index in [-0.39, 0.29) is 17.9 Å². The van der Waals surface area contributed by atoms with Gasteiger partial charge in [0, 0.05) is 43.2 Å². The highest BCUT2D eigenvalue weighted by Crippen LogP contribution is 2.49. The minimum Gasteiger partial charge on any atom is -0.490 e. The highest BCUT2D eigenvalue weighted by Gasteiger charge is 2.53. The second kappa shape index (κ2) is 13.0. The van der Waals surface area contributed by atoms with Crippen molar-refractivity contribution < 1.29 is 33.0 Å². The van der Waals surface area contributed by atoms with Gasteiger partial charge in [-0.1, -0.05) is 36.7 Å². The number of aliphatic hydroxyl groups excluding tert-OH is 1. The zero-order valence-electron chi connectivity index (χ0n) is 28.0. The number of amides is 2.